The summed E-state index contributed by atoms with van der Waals surface area (Å²) in [6.07, 6.45) is 21.0. The molecule has 0 aliphatic heterocycles. The average Bonchev–Trinajstić information content (AvgIpc) is 2.85. The number of amides is 1. The fraction of sp³-hybridized carbons (Fsp3) is 0.581. The predicted octanol–water partition coefficient (Wildman–Crippen LogP) is 8.46. The molecular formula is C31H48N2O. The quantitative estimate of drug-likeness (QED) is 0.193. The summed E-state index contributed by atoms with van der Waals surface area (Å²) in [6.45, 7) is 3.26. The lowest BCUT2D eigenvalue weighted by Crippen LogP contribution is -2.14. The van der Waals surface area contributed by atoms with Gasteiger partial charge in [-0.05, 0) is 48.6 Å². The van der Waals surface area contributed by atoms with Gasteiger partial charge in [0.15, 0.2) is 0 Å². The molecule has 0 saturated carbocycles. The Hall–Kier alpha value is -2.29. The van der Waals surface area contributed by atoms with Crippen molar-refractivity contribution in [2.75, 3.05) is 11.9 Å². The Bertz CT molecular complexity index is 787. The molecule has 0 spiro atoms. The Kier molecular flexibility index (Phi) is 14.9. The molecule has 0 aromatic heterocycles. The van der Waals surface area contributed by atoms with Gasteiger partial charge in [0.25, 0.3) is 0 Å². The van der Waals surface area contributed by atoms with E-state index in [0.717, 1.165) is 30.6 Å². The minimum atomic E-state index is -0.346. The van der Waals surface area contributed by atoms with Crippen LogP contribution >= 0.6 is 0 Å². The van der Waals surface area contributed by atoms with Crippen molar-refractivity contribution in [2.24, 2.45) is 5.73 Å². The fourth-order valence-corrected chi connectivity index (χ4v) is 4.63. The number of primary amides is 1. The van der Waals surface area contributed by atoms with Crippen LogP contribution < -0.4 is 11.1 Å². The second-order valence-corrected chi connectivity index (χ2v) is 9.74. The summed E-state index contributed by atoms with van der Waals surface area (Å²) in [5, 5.41) is 3.54. The molecule has 0 radical (unpaired) electrons. The lowest BCUT2D eigenvalue weighted by molar-refractivity contribution is 0.0999. The summed E-state index contributed by atoms with van der Waals surface area (Å²) >= 11 is 0. The lowest BCUT2D eigenvalue weighted by Gasteiger charge is -2.12. The summed E-state index contributed by atoms with van der Waals surface area (Å²) < 4.78 is 0. The normalized spacial score (nSPS) is 11.0. The average molecular weight is 465 g/mol. The topological polar surface area (TPSA) is 55.1 Å². The molecule has 3 nitrogen and oxygen atoms in total. The van der Waals surface area contributed by atoms with E-state index < -0.39 is 0 Å². The number of hydrogen-bond donors (Lipinski definition) is 2. The maximum Gasteiger partial charge on any atom is 0.248 e. The smallest absolute Gasteiger partial charge is 0.248 e. The largest absolute Gasteiger partial charge is 0.385 e. The summed E-state index contributed by atoms with van der Waals surface area (Å²) in [5.74, 6) is -0.346. The molecular weight excluding hydrogens is 416 g/mol. The third-order valence-corrected chi connectivity index (χ3v) is 6.76. The van der Waals surface area contributed by atoms with Crippen LogP contribution in [0.1, 0.15) is 118 Å². The molecule has 0 saturated heterocycles. The summed E-state index contributed by atoms with van der Waals surface area (Å²) in [5.41, 5.74) is 9.64. The van der Waals surface area contributed by atoms with Gasteiger partial charge in [-0.1, -0.05) is 121 Å². The number of aryl methyl sites for hydroxylation is 2. The number of carbonyl (C=O) groups is 1. The molecule has 0 unspecified atom stereocenters. The van der Waals surface area contributed by atoms with E-state index in [2.05, 4.69) is 42.6 Å². The van der Waals surface area contributed by atoms with Crippen LogP contribution in [0.4, 0.5) is 5.69 Å². The number of benzene rings is 2. The Morgan fingerprint density at radius 3 is 1.82 bits per heavy atom. The highest BCUT2D eigenvalue weighted by Crippen LogP contribution is 2.19. The molecule has 188 valence electrons. The third kappa shape index (κ3) is 12.3. The Balaban J connectivity index is 1.55. The second-order valence-electron chi connectivity index (χ2n) is 9.74. The van der Waals surface area contributed by atoms with Crippen LogP contribution in [0.3, 0.4) is 0 Å². The SMILES string of the molecule is CCCCCCCCCCCCCCCCNc1ccc(C(N)=O)c(CCc2ccccc2)c1. The van der Waals surface area contributed by atoms with Crippen molar-refractivity contribution in [3.05, 3.63) is 65.2 Å². The van der Waals surface area contributed by atoms with Crippen molar-refractivity contribution in [3.8, 4) is 0 Å². The molecule has 2 aromatic carbocycles. The first-order chi connectivity index (χ1) is 16.7. The first-order valence-corrected chi connectivity index (χ1v) is 13.9. The van der Waals surface area contributed by atoms with Crippen LogP contribution in [0.25, 0.3) is 0 Å². The zero-order valence-corrected chi connectivity index (χ0v) is 21.6. The van der Waals surface area contributed by atoms with Crippen molar-refractivity contribution >= 4 is 11.6 Å². The minimum absolute atomic E-state index is 0.346. The number of carbonyl (C=O) groups excluding carboxylic acids is 1. The van der Waals surface area contributed by atoms with Gasteiger partial charge in [-0.25, -0.2) is 0 Å². The molecule has 3 N–H and O–H groups in total. The lowest BCUT2D eigenvalue weighted by atomic mass is 9.98. The first-order valence-electron chi connectivity index (χ1n) is 13.9. The van der Waals surface area contributed by atoms with Crippen LogP contribution in [0, 0.1) is 0 Å². The van der Waals surface area contributed by atoms with Crippen LogP contribution in [0.15, 0.2) is 48.5 Å². The van der Waals surface area contributed by atoms with Crippen molar-refractivity contribution in [2.45, 2.75) is 110 Å². The van der Waals surface area contributed by atoms with Gasteiger partial charge in [0.2, 0.25) is 5.91 Å². The van der Waals surface area contributed by atoms with Crippen molar-refractivity contribution in [3.63, 3.8) is 0 Å². The Morgan fingerprint density at radius 1 is 0.706 bits per heavy atom. The zero-order chi connectivity index (χ0) is 24.3. The predicted molar refractivity (Wildman–Crippen MR) is 148 cm³/mol. The fourth-order valence-electron chi connectivity index (χ4n) is 4.63. The molecule has 0 heterocycles. The van der Waals surface area contributed by atoms with E-state index >= 15 is 0 Å². The molecule has 1 amide bonds. The zero-order valence-electron chi connectivity index (χ0n) is 21.6. The van der Waals surface area contributed by atoms with Gasteiger partial charge in [-0.2, -0.15) is 0 Å². The first kappa shape index (κ1) is 28.0. The summed E-state index contributed by atoms with van der Waals surface area (Å²) in [6, 6.07) is 16.3. The van der Waals surface area contributed by atoms with Gasteiger partial charge in [0, 0.05) is 17.8 Å². The minimum Gasteiger partial charge on any atom is -0.385 e. The van der Waals surface area contributed by atoms with E-state index in [9.17, 15) is 4.79 Å². The standard InChI is InChI=1S/C31H48N2O/c1-2-3-4-5-6-7-8-9-10-11-12-13-14-18-25-33-29-23-24-30(31(32)34)28(26-29)22-21-27-19-16-15-17-20-27/h15-17,19-20,23-24,26,33H,2-14,18,21-22,25H2,1H3,(H2,32,34). The molecule has 2 aromatic rings. The molecule has 0 aliphatic carbocycles. The van der Waals surface area contributed by atoms with Crippen molar-refractivity contribution < 1.29 is 4.79 Å². The highest BCUT2D eigenvalue weighted by molar-refractivity contribution is 5.94. The number of nitrogens with two attached hydrogens (primary N) is 1. The Morgan fingerprint density at radius 2 is 1.26 bits per heavy atom. The van der Waals surface area contributed by atoms with Crippen LogP contribution in [0.5, 0.6) is 0 Å². The monoisotopic (exact) mass is 464 g/mol. The number of rotatable bonds is 20. The van der Waals surface area contributed by atoms with Gasteiger partial charge in [-0.3, -0.25) is 4.79 Å². The van der Waals surface area contributed by atoms with Gasteiger partial charge >= 0.3 is 0 Å². The van der Waals surface area contributed by atoms with Crippen LogP contribution in [-0.2, 0) is 12.8 Å². The van der Waals surface area contributed by atoms with E-state index in [1.54, 1.807) is 0 Å². The van der Waals surface area contributed by atoms with Gasteiger partial charge in [-0.15, -0.1) is 0 Å². The number of hydrogen-bond acceptors (Lipinski definition) is 2. The highest BCUT2D eigenvalue weighted by Gasteiger charge is 2.09. The highest BCUT2D eigenvalue weighted by atomic mass is 16.1. The molecule has 0 fully saturated rings. The molecule has 0 atom stereocenters. The number of unbranched alkanes of at least 4 members (excludes halogenated alkanes) is 13. The maximum absolute atomic E-state index is 11.9. The van der Waals surface area contributed by atoms with E-state index in [0.29, 0.717) is 5.56 Å². The van der Waals surface area contributed by atoms with E-state index in [1.807, 2.05) is 18.2 Å². The van der Waals surface area contributed by atoms with Crippen molar-refractivity contribution in [1.82, 2.24) is 0 Å². The molecule has 0 aliphatic rings. The van der Waals surface area contributed by atoms with E-state index in [4.69, 9.17) is 5.73 Å². The third-order valence-electron chi connectivity index (χ3n) is 6.76. The van der Waals surface area contributed by atoms with Crippen LogP contribution in [0.2, 0.25) is 0 Å². The summed E-state index contributed by atoms with van der Waals surface area (Å²) in [4.78, 5) is 11.9. The maximum atomic E-state index is 11.9. The van der Waals surface area contributed by atoms with Crippen LogP contribution in [-0.4, -0.2) is 12.5 Å². The second kappa shape index (κ2) is 18.1. The molecule has 0 bridgehead atoms. The summed E-state index contributed by atoms with van der Waals surface area (Å²) in [7, 11) is 0. The van der Waals surface area contributed by atoms with Crippen molar-refractivity contribution in [1.29, 1.82) is 0 Å². The van der Waals surface area contributed by atoms with Gasteiger partial charge in [0.05, 0.1) is 0 Å². The van der Waals surface area contributed by atoms with Gasteiger partial charge in [0.1, 0.15) is 0 Å². The number of anilines is 1. The molecule has 34 heavy (non-hydrogen) atoms. The molecule has 2 rings (SSSR count). The van der Waals surface area contributed by atoms with E-state index in [1.165, 1.54) is 95.5 Å². The Labute approximate surface area is 208 Å². The molecule has 3 heteroatoms. The van der Waals surface area contributed by atoms with E-state index in [-0.39, 0.29) is 5.91 Å². The number of nitrogens with one attached hydrogen (secondary N) is 1. The van der Waals surface area contributed by atoms with Gasteiger partial charge < -0.3 is 11.1 Å².